The second kappa shape index (κ2) is 6.00. The van der Waals surface area contributed by atoms with E-state index in [1.165, 1.54) is 106 Å². The molecule has 0 saturated carbocycles. The largest absolute Gasteiger partial charge is 0.324 e. The molecule has 6 aliphatic rings. The molecule has 0 aromatic heterocycles. The summed E-state index contributed by atoms with van der Waals surface area (Å²) in [5.74, 6) is 2.13. The number of fused-ring (bicyclic) bond motifs is 6. The Balaban J connectivity index is 1.34. The van der Waals surface area contributed by atoms with Crippen LogP contribution in [0.15, 0.2) is 0 Å². The molecule has 2 nitrogen and oxygen atoms in total. The van der Waals surface area contributed by atoms with Gasteiger partial charge in [0.2, 0.25) is 3.36 Å². The van der Waals surface area contributed by atoms with Gasteiger partial charge in [-0.15, -0.1) is 0 Å². The van der Waals surface area contributed by atoms with Crippen molar-refractivity contribution in [3.63, 3.8) is 0 Å². The van der Waals surface area contributed by atoms with Crippen LogP contribution in [-0.2, 0) is 0 Å². The predicted molar refractivity (Wildman–Crippen MR) is 99.1 cm³/mol. The molecule has 6 fully saturated rings. The Kier molecular flexibility index (Phi) is 4.46. The van der Waals surface area contributed by atoms with Crippen LogP contribution in [0.3, 0.4) is 0 Å². The molecule has 0 unspecified atom stereocenters. The Hall–Kier alpha value is 0.880. The zero-order chi connectivity index (χ0) is 15.3. The lowest BCUT2D eigenvalue weighted by atomic mass is 9.85. The van der Waals surface area contributed by atoms with Crippen LogP contribution in [-0.4, -0.2) is 58.1 Å². The van der Waals surface area contributed by atoms with E-state index in [-0.39, 0.29) is 3.36 Å². The van der Waals surface area contributed by atoms with E-state index in [0.717, 1.165) is 11.8 Å². The standard InChI is InChI=1S/C18H32Br2N2/c19-18(20,22-13-5-17(6-14-22)7-15-22)8-1-9-21-10-2-16(3-11-21)4-12-21/h16-17H,1-15H2/q+2. The van der Waals surface area contributed by atoms with Gasteiger partial charge in [-0.3, -0.25) is 0 Å². The van der Waals surface area contributed by atoms with Crippen molar-refractivity contribution < 1.29 is 8.97 Å². The zero-order valence-electron chi connectivity index (χ0n) is 13.9. The van der Waals surface area contributed by atoms with Gasteiger partial charge in [-0.1, -0.05) is 0 Å². The quantitative estimate of drug-likeness (QED) is 0.339. The first-order chi connectivity index (χ1) is 10.5. The van der Waals surface area contributed by atoms with Crippen LogP contribution < -0.4 is 0 Å². The summed E-state index contributed by atoms with van der Waals surface area (Å²) in [6.45, 7) is 10.0. The summed E-state index contributed by atoms with van der Waals surface area (Å²) in [5, 5.41) is 0. The van der Waals surface area contributed by atoms with Crippen LogP contribution in [0.5, 0.6) is 0 Å². The van der Waals surface area contributed by atoms with Crippen LogP contribution in [0.2, 0.25) is 0 Å². The van der Waals surface area contributed by atoms with Gasteiger partial charge in [-0.25, -0.2) is 0 Å². The van der Waals surface area contributed by atoms with Gasteiger partial charge < -0.3 is 8.97 Å². The number of quaternary nitrogens is 2. The average Bonchev–Trinajstić information content (AvgIpc) is 2.58. The van der Waals surface area contributed by atoms with Gasteiger partial charge in [0.1, 0.15) is 0 Å². The Morgan fingerprint density at radius 3 is 1.68 bits per heavy atom. The third-order valence-electron chi connectivity index (χ3n) is 7.74. The first kappa shape index (κ1) is 16.4. The topological polar surface area (TPSA) is 0 Å². The fraction of sp³-hybridized carbons (Fsp3) is 1.00. The third-order valence-corrected chi connectivity index (χ3v) is 10.0. The van der Waals surface area contributed by atoms with E-state index in [1.807, 2.05) is 0 Å². The fourth-order valence-electron chi connectivity index (χ4n) is 5.89. The molecule has 0 amide bonds. The molecule has 4 heteroatoms. The molecule has 0 aromatic carbocycles. The molecule has 0 aromatic rings. The van der Waals surface area contributed by atoms with E-state index in [0.29, 0.717) is 0 Å². The minimum absolute atomic E-state index is 0.151. The fourth-order valence-corrected chi connectivity index (χ4v) is 7.51. The molecular formula is C18H32Br2N2+2. The van der Waals surface area contributed by atoms with Crippen LogP contribution in [0.4, 0.5) is 0 Å². The molecule has 6 heterocycles. The summed E-state index contributed by atoms with van der Waals surface area (Å²) < 4.78 is 2.90. The predicted octanol–water partition coefficient (Wildman–Crippen LogP) is 4.47. The minimum Gasteiger partial charge on any atom is -0.324 e. The van der Waals surface area contributed by atoms with Crippen LogP contribution in [0.25, 0.3) is 0 Å². The second-order valence-electron chi connectivity index (χ2n) is 8.79. The Morgan fingerprint density at radius 2 is 1.18 bits per heavy atom. The van der Waals surface area contributed by atoms with Crippen molar-refractivity contribution in [1.29, 1.82) is 0 Å². The molecule has 0 aliphatic carbocycles. The van der Waals surface area contributed by atoms with Crippen molar-refractivity contribution >= 4 is 31.9 Å². The van der Waals surface area contributed by atoms with Gasteiger partial charge in [0.25, 0.3) is 0 Å². The van der Waals surface area contributed by atoms with E-state index < -0.39 is 0 Å². The molecular weight excluding hydrogens is 404 g/mol. The Morgan fingerprint density at radius 1 is 0.727 bits per heavy atom. The first-order valence-electron chi connectivity index (χ1n) is 9.62. The summed E-state index contributed by atoms with van der Waals surface area (Å²) in [5.41, 5.74) is 0. The van der Waals surface area contributed by atoms with Crippen LogP contribution >= 0.6 is 31.9 Å². The third kappa shape index (κ3) is 2.84. The van der Waals surface area contributed by atoms with E-state index in [1.54, 1.807) is 0 Å². The van der Waals surface area contributed by atoms with Crippen LogP contribution in [0, 0.1) is 11.8 Å². The molecule has 6 aliphatic heterocycles. The molecule has 0 atom stereocenters. The SMILES string of the molecule is BrC(Br)(CCC[N+]12CCC(CC1)CC2)[N+]12CCC(CC1)CC2. The molecule has 6 rings (SSSR count). The van der Waals surface area contributed by atoms with Gasteiger partial charge in [0.15, 0.2) is 0 Å². The molecule has 22 heavy (non-hydrogen) atoms. The molecule has 126 valence electrons. The highest BCUT2D eigenvalue weighted by atomic mass is 79.9. The monoisotopic (exact) mass is 434 g/mol. The van der Waals surface area contributed by atoms with Crippen molar-refractivity contribution in [3.05, 3.63) is 0 Å². The summed E-state index contributed by atoms with van der Waals surface area (Å²) in [7, 11) is 0. The number of rotatable bonds is 5. The van der Waals surface area contributed by atoms with Gasteiger partial charge in [0.05, 0.1) is 45.8 Å². The summed E-state index contributed by atoms with van der Waals surface area (Å²) >= 11 is 8.28. The molecule has 4 bridgehead atoms. The number of hydrogen-bond acceptors (Lipinski definition) is 0. The van der Waals surface area contributed by atoms with Crippen molar-refractivity contribution in [3.8, 4) is 0 Å². The van der Waals surface area contributed by atoms with Crippen LogP contribution in [0.1, 0.15) is 51.4 Å². The number of hydrogen-bond donors (Lipinski definition) is 0. The maximum Gasteiger partial charge on any atom is 0.208 e. The summed E-state index contributed by atoms with van der Waals surface area (Å²) in [4.78, 5) is 0. The van der Waals surface area contributed by atoms with Crippen molar-refractivity contribution in [2.75, 3.05) is 45.8 Å². The zero-order valence-corrected chi connectivity index (χ0v) is 17.1. The van der Waals surface area contributed by atoms with E-state index in [9.17, 15) is 0 Å². The number of nitrogens with zero attached hydrogens (tertiary/aromatic N) is 2. The smallest absolute Gasteiger partial charge is 0.208 e. The normalized spacial score (nSPS) is 44.5. The summed E-state index contributed by atoms with van der Waals surface area (Å²) in [6, 6.07) is 0. The maximum absolute atomic E-state index is 4.14. The average molecular weight is 436 g/mol. The highest BCUT2D eigenvalue weighted by Gasteiger charge is 2.52. The number of halogens is 2. The lowest BCUT2D eigenvalue weighted by Crippen LogP contribution is -2.65. The van der Waals surface area contributed by atoms with Gasteiger partial charge in [-0.2, -0.15) is 0 Å². The number of alkyl halides is 2. The lowest BCUT2D eigenvalue weighted by Gasteiger charge is -2.55. The lowest BCUT2D eigenvalue weighted by molar-refractivity contribution is -0.959. The first-order valence-corrected chi connectivity index (χ1v) is 11.2. The van der Waals surface area contributed by atoms with Gasteiger partial charge in [-0.05, 0) is 82.2 Å². The Labute approximate surface area is 153 Å². The maximum atomic E-state index is 4.14. The van der Waals surface area contributed by atoms with Gasteiger partial charge >= 0.3 is 0 Å². The van der Waals surface area contributed by atoms with Crippen molar-refractivity contribution in [2.24, 2.45) is 11.8 Å². The van der Waals surface area contributed by atoms with Crippen molar-refractivity contribution in [2.45, 2.75) is 54.7 Å². The van der Waals surface area contributed by atoms with E-state index >= 15 is 0 Å². The molecule has 0 spiro atoms. The molecule has 0 radical (unpaired) electrons. The van der Waals surface area contributed by atoms with E-state index in [4.69, 9.17) is 0 Å². The molecule has 0 N–H and O–H groups in total. The number of piperidine rings is 6. The highest BCUT2D eigenvalue weighted by molar-refractivity contribution is 9.25. The van der Waals surface area contributed by atoms with Crippen molar-refractivity contribution in [1.82, 2.24) is 0 Å². The highest BCUT2D eigenvalue weighted by Crippen LogP contribution is 2.49. The molecule has 6 saturated heterocycles. The van der Waals surface area contributed by atoms with Gasteiger partial charge in [0, 0.05) is 12.8 Å². The Bertz CT molecular complexity index is 380. The summed E-state index contributed by atoms with van der Waals surface area (Å²) in [6.07, 6.45) is 11.6. The second-order valence-corrected chi connectivity index (χ2v) is 12.5. The minimum atomic E-state index is 0.151. The van der Waals surface area contributed by atoms with E-state index in [2.05, 4.69) is 31.9 Å².